The molecule has 1 amide bonds. The predicted octanol–water partition coefficient (Wildman–Crippen LogP) is 6.38. The van der Waals surface area contributed by atoms with Gasteiger partial charge < -0.3 is 10.1 Å². The Morgan fingerprint density at radius 2 is 1.45 bits per heavy atom. The third-order valence-corrected chi connectivity index (χ3v) is 5.62. The molecular weight excluding hydrogens is 393 g/mol. The minimum atomic E-state index is -4.83. The molecule has 5 nitrogen and oxygen atoms in total. The topological polar surface area (TPSA) is 72.5 Å². The molecule has 0 bridgehead atoms. The molecule has 0 fully saturated rings. The second kappa shape index (κ2) is 14.4. The number of rotatable bonds is 16. The highest BCUT2D eigenvalue weighted by molar-refractivity contribution is 7.86. The summed E-state index contributed by atoms with van der Waals surface area (Å²) in [5.41, 5.74) is 0.162. The minimum Gasteiger partial charge on any atom is -0.491 e. The Hall–Kier alpha value is -1.63. The number of ether oxygens (including phenoxy) is 1. The molecule has 0 aliphatic heterocycles. The summed E-state index contributed by atoms with van der Waals surface area (Å²) >= 11 is 0. The number of benzene rings is 1. The molecule has 0 radical (unpaired) electrons. The Balaban J connectivity index is 2.23. The fourth-order valence-electron chi connectivity index (χ4n) is 3.20. The van der Waals surface area contributed by atoms with E-state index in [-0.39, 0.29) is 11.6 Å². The van der Waals surface area contributed by atoms with Gasteiger partial charge in [0.2, 0.25) is 5.91 Å². The SMILES string of the molecule is CCCCCCCCCCCCCCOc1ccc(S(=O)(=O)F)cc1NC(C)=O. The number of halogens is 1. The molecule has 0 aliphatic carbocycles. The fourth-order valence-corrected chi connectivity index (χ4v) is 3.69. The molecule has 0 heterocycles. The summed E-state index contributed by atoms with van der Waals surface area (Å²) in [6, 6.07) is 3.59. The number of unbranched alkanes of at least 4 members (excludes halogenated alkanes) is 11. The van der Waals surface area contributed by atoms with Crippen molar-refractivity contribution in [1.29, 1.82) is 0 Å². The minimum absolute atomic E-state index is 0.162. The van der Waals surface area contributed by atoms with Gasteiger partial charge in [0.15, 0.2) is 0 Å². The molecule has 7 heteroatoms. The van der Waals surface area contributed by atoms with E-state index >= 15 is 0 Å². The number of carbonyl (C=O) groups excluding carboxylic acids is 1. The van der Waals surface area contributed by atoms with E-state index in [1.54, 1.807) is 0 Å². The Bertz CT molecular complexity index is 707. The molecule has 0 saturated heterocycles. The van der Waals surface area contributed by atoms with Crippen LogP contribution in [-0.4, -0.2) is 20.9 Å². The summed E-state index contributed by atoms with van der Waals surface area (Å²) in [5.74, 6) is -0.0377. The van der Waals surface area contributed by atoms with Crippen LogP contribution in [0.15, 0.2) is 23.1 Å². The lowest BCUT2D eigenvalue weighted by molar-refractivity contribution is -0.114. The molecule has 166 valence electrons. The highest BCUT2D eigenvalue weighted by Gasteiger charge is 2.16. The molecule has 1 rings (SSSR count). The molecule has 0 aliphatic rings. The Kier molecular flexibility index (Phi) is 12.6. The van der Waals surface area contributed by atoms with Crippen molar-refractivity contribution in [2.24, 2.45) is 0 Å². The lowest BCUT2D eigenvalue weighted by atomic mass is 10.1. The van der Waals surface area contributed by atoms with Gasteiger partial charge in [0.25, 0.3) is 0 Å². The van der Waals surface area contributed by atoms with Gasteiger partial charge in [0.05, 0.1) is 12.3 Å². The van der Waals surface area contributed by atoms with Crippen LogP contribution >= 0.6 is 0 Å². The summed E-state index contributed by atoms with van der Waals surface area (Å²) in [7, 11) is -4.83. The quantitative estimate of drug-likeness (QED) is 0.244. The first kappa shape index (κ1) is 25.4. The first-order chi connectivity index (χ1) is 13.8. The van der Waals surface area contributed by atoms with Gasteiger partial charge in [-0.25, -0.2) is 0 Å². The highest BCUT2D eigenvalue weighted by Crippen LogP contribution is 2.29. The van der Waals surface area contributed by atoms with Crippen LogP contribution in [0.2, 0.25) is 0 Å². The average molecular weight is 430 g/mol. The van der Waals surface area contributed by atoms with Gasteiger partial charge >= 0.3 is 10.2 Å². The van der Waals surface area contributed by atoms with Crippen molar-refractivity contribution in [2.45, 2.75) is 95.8 Å². The number of carbonyl (C=O) groups is 1. The highest BCUT2D eigenvalue weighted by atomic mass is 32.3. The zero-order valence-electron chi connectivity index (χ0n) is 17.8. The van der Waals surface area contributed by atoms with Crippen LogP contribution in [-0.2, 0) is 15.0 Å². The molecule has 1 aromatic rings. The summed E-state index contributed by atoms with van der Waals surface area (Å²) in [6.07, 6.45) is 15.0. The Morgan fingerprint density at radius 3 is 1.93 bits per heavy atom. The predicted molar refractivity (Wildman–Crippen MR) is 116 cm³/mol. The largest absolute Gasteiger partial charge is 0.491 e. The smallest absolute Gasteiger partial charge is 0.332 e. The van der Waals surface area contributed by atoms with Crippen molar-refractivity contribution in [3.05, 3.63) is 18.2 Å². The van der Waals surface area contributed by atoms with Crippen molar-refractivity contribution in [3.8, 4) is 5.75 Å². The summed E-state index contributed by atoms with van der Waals surface area (Å²) in [6.45, 7) is 4.00. The molecule has 0 saturated carbocycles. The maximum atomic E-state index is 13.2. The van der Waals surface area contributed by atoms with Gasteiger partial charge in [-0.05, 0) is 24.6 Å². The van der Waals surface area contributed by atoms with Gasteiger partial charge in [-0.15, -0.1) is 3.89 Å². The molecule has 29 heavy (non-hydrogen) atoms. The van der Waals surface area contributed by atoms with Crippen LogP contribution in [0, 0.1) is 0 Å². The molecule has 0 atom stereocenters. The summed E-state index contributed by atoms with van der Waals surface area (Å²) in [4.78, 5) is 10.8. The van der Waals surface area contributed by atoms with Gasteiger partial charge in [-0.1, -0.05) is 77.6 Å². The van der Waals surface area contributed by atoms with Crippen molar-refractivity contribution in [2.75, 3.05) is 11.9 Å². The first-order valence-corrected chi connectivity index (χ1v) is 12.2. The van der Waals surface area contributed by atoms with E-state index in [1.165, 1.54) is 70.8 Å². The zero-order chi connectivity index (χ0) is 21.5. The number of hydrogen-bond acceptors (Lipinski definition) is 4. The van der Waals surface area contributed by atoms with Crippen molar-refractivity contribution in [1.82, 2.24) is 0 Å². The lowest BCUT2D eigenvalue weighted by Gasteiger charge is -2.12. The van der Waals surface area contributed by atoms with Crippen LogP contribution in [0.3, 0.4) is 0 Å². The third kappa shape index (κ3) is 11.8. The van der Waals surface area contributed by atoms with Crippen molar-refractivity contribution < 1.29 is 21.8 Å². The molecule has 1 aromatic carbocycles. The summed E-state index contributed by atoms with van der Waals surface area (Å²) < 4.78 is 40.9. The second-order valence-electron chi connectivity index (χ2n) is 7.51. The molecular formula is C22H36FNO4S. The second-order valence-corrected chi connectivity index (χ2v) is 8.86. The maximum Gasteiger partial charge on any atom is 0.332 e. The number of hydrogen-bond donors (Lipinski definition) is 1. The Labute approximate surface area is 175 Å². The molecule has 0 unspecified atom stereocenters. The van der Waals surface area contributed by atoms with E-state index in [0.29, 0.717) is 12.4 Å². The van der Waals surface area contributed by atoms with Crippen molar-refractivity contribution in [3.63, 3.8) is 0 Å². The Morgan fingerprint density at radius 1 is 0.931 bits per heavy atom. The monoisotopic (exact) mass is 429 g/mol. The first-order valence-electron chi connectivity index (χ1n) is 10.8. The van der Waals surface area contributed by atoms with E-state index in [0.717, 1.165) is 31.4 Å². The van der Waals surface area contributed by atoms with E-state index in [4.69, 9.17) is 4.74 Å². The average Bonchev–Trinajstić information content (AvgIpc) is 2.65. The molecule has 0 spiro atoms. The third-order valence-electron chi connectivity index (χ3n) is 4.80. The number of nitrogens with one attached hydrogen (secondary N) is 1. The zero-order valence-corrected chi connectivity index (χ0v) is 18.7. The van der Waals surface area contributed by atoms with Crippen LogP contribution in [0.1, 0.15) is 90.9 Å². The number of anilines is 1. The van der Waals surface area contributed by atoms with Crippen LogP contribution in [0.4, 0.5) is 9.57 Å². The van der Waals surface area contributed by atoms with Gasteiger partial charge in [-0.3, -0.25) is 4.79 Å². The van der Waals surface area contributed by atoms with Crippen molar-refractivity contribution >= 4 is 21.8 Å². The van der Waals surface area contributed by atoms with E-state index < -0.39 is 15.1 Å². The van der Waals surface area contributed by atoms with Crippen LogP contribution in [0.5, 0.6) is 5.75 Å². The summed E-state index contributed by atoms with van der Waals surface area (Å²) in [5, 5.41) is 2.49. The maximum absolute atomic E-state index is 13.2. The normalized spacial score (nSPS) is 11.4. The molecule has 0 aromatic heterocycles. The van der Waals surface area contributed by atoms with E-state index in [1.807, 2.05) is 0 Å². The fraction of sp³-hybridized carbons (Fsp3) is 0.682. The van der Waals surface area contributed by atoms with Gasteiger partial charge in [-0.2, -0.15) is 8.42 Å². The van der Waals surface area contributed by atoms with E-state index in [2.05, 4.69) is 12.2 Å². The van der Waals surface area contributed by atoms with E-state index in [9.17, 15) is 17.1 Å². The number of amides is 1. The lowest BCUT2D eigenvalue weighted by Crippen LogP contribution is -2.09. The molecule has 1 N–H and O–H groups in total. The van der Waals surface area contributed by atoms with Gasteiger partial charge in [0, 0.05) is 6.92 Å². The van der Waals surface area contributed by atoms with Crippen LogP contribution < -0.4 is 10.1 Å². The van der Waals surface area contributed by atoms with Gasteiger partial charge in [0.1, 0.15) is 10.6 Å². The standard InChI is InChI=1S/C22H36FNO4S/c1-3-4-5-6-7-8-9-10-11-12-13-14-17-28-22-16-15-20(29(23,26)27)18-21(22)24-19(2)25/h15-16,18H,3-14,17H2,1-2H3,(H,24,25). The van der Waals surface area contributed by atoms with Crippen LogP contribution in [0.25, 0.3) is 0 Å².